The van der Waals surface area contributed by atoms with Gasteiger partial charge in [0.05, 0.1) is 0 Å². The Kier molecular flexibility index (Phi) is 6.77. The van der Waals surface area contributed by atoms with Gasteiger partial charge in [0.1, 0.15) is 0 Å². The van der Waals surface area contributed by atoms with E-state index in [0.717, 1.165) is 33.6 Å². The largest absolute Gasteiger partial charge is 0.391 e. The lowest BCUT2D eigenvalue weighted by Gasteiger charge is -2.13. The molecule has 0 unspecified atom stereocenters. The minimum Gasteiger partial charge on any atom is -0.391 e. The van der Waals surface area contributed by atoms with Gasteiger partial charge in [0.2, 0.25) is 0 Å². The molecule has 0 spiro atoms. The minimum absolute atomic E-state index is 0.975. The van der Waals surface area contributed by atoms with Crippen molar-refractivity contribution in [3.63, 3.8) is 0 Å². The molecule has 23 heavy (non-hydrogen) atoms. The van der Waals surface area contributed by atoms with Crippen molar-refractivity contribution in [3.8, 4) is 0 Å². The lowest BCUT2D eigenvalue weighted by molar-refractivity contribution is 0.978. The van der Waals surface area contributed by atoms with E-state index in [-0.39, 0.29) is 0 Å². The van der Waals surface area contributed by atoms with Crippen LogP contribution in [0.1, 0.15) is 37.5 Å². The standard InChI is InChI=1S/C21H28N2/c1-14(2)19-10-9-15(3)20(12-19)11-16(4)17(5)21(13-22-7)18(6)23-8/h9-13,23H,1,5H2,2-4,6-8H3/b16-11+,21-18-,22-13?. The lowest BCUT2D eigenvalue weighted by Crippen LogP contribution is -2.08. The second-order valence-electron chi connectivity index (χ2n) is 5.83. The van der Waals surface area contributed by atoms with E-state index in [1.807, 2.05) is 27.1 Å². The number of aryl methyl sites for hydroxylation is 1. The Labute approximate surface area is 141 Å². The fraction of sp³-hybridized carbons (Fsp3) is 0.286. The number of nitrogens with zero attached hydrogens (tertiary/aromatic N) is 1. The average molecular weight is 308 g/mol. The number of nitrogens with one attached hydrogen (secondary N) is 1. The molecule has 0 amide bonds. The van der Waals surface area contributed by atoms with E-state index in [9.17, 15) is 0 Å². The molecule has 0 aliphatic rings. The number of hydrogen-bond acceptors (Lipinski definition) is 2. The van der Waals surface area contributed by atoms with Gasteiger partial charge in [-0.3, -0.25) is 4.99 Å². The summed E-state index contributed by atoms with van der Waals surface area (Å²) in [4.78, 5) is 4.15. The molecule has 0 saturated carbocycles. The maximum absolute atomic E-state index is 4.25. The zero-order chi connectivity index (χ0) is 17.6. The van der Waals surface area contributed by atoms with E-state index in [4.69, 9.17) is 0 Å². The highest BCUT2D eigenvalue weighted by atomic mass is 14.8. The normalized spacial score (nSPS) is 13.0. The first-order chi connectivity index (χ1) is 10.8. The molecule has 0 aromatic heterocycles. The highest BCUT2D eigenvalue weighted by molar-refractivity contribution is 5.88. The SMILES string of the molecule is C=C(/C(C)=C/c1cc(C(=C)C)ccc1C)/C(C=NC)=C(/C)NC. The van der Waals surface area contributed by atoms with Crippen molar-refractivity contribution in [2.75, 3.05) is 14.1 Å². The highest BCUT2D eigenvalue weighted by Gasteiger charge is 2.07. The zero-order valence-electron chi connectivity index (χ0n) is 15.2. The summed E-state index contributed by atoms with van der Waals surface area (Å²) < 4.78 is 0. The number of allylic oxidation sites excluding steroid dienone is 5. The third-order valence-electron chi connectivity index (χ3n) is 3.98. The third kappa shape index (κ3) is 4.82. The van der Waals surface area contributed by atoms with Crippen LogP contribution in [0.5, 0.6) is 0 Å². The van der Waals surface area contributed by atoms with Crippen LogP contribution in [0.4, 0.5) is 0 Å². The summed E-state index contributed by atoms with van der Waals surface area (Å²) in [6.45, 7) is 16.5. The minimum atomic E-state index is 0.975. The molecular formula is C21H28N2. The molecule has 2 nitrogen and oxygen atoms in total. The van der Waals surface area contributed by atoms with Crippen LogP contribution < -0.4 is 5.32 Å². The monoisotopic (exact) mass is 308 g/mol. The maximum atomic E-state index is 4.25. The fourth-order valence-corrected chi connectivity index (χ4v) is 2.26. The second-order valence-corrected chi connectivity index (χ2v) is 5.83. The van der Waals surface area contributed by atoms with Crippen molar-refractivity contribution < 1.29 is 0 Å². The van der Waals surface area contributed by atoms with E-state index >= 15 is 0 Å². The van der Waals surface area contributed by atoms with Crippen LogP contribution in [-0.2, 0) is 0 Å². The predicted molar refractivity (Wildman–Crippen MR) is 105 cm³/mol. The molecular weight excluding hydrogens is 280 g/mol. The highest BCUT2D eigenvalue weighted by Crippen LogP contribution is 2.24. The Balaban J connectivity index is 3.30. The number of rotatable bonds is 6. The first-order valence-electron chi connectivity index (χ1n) is 7.77. The summed E-state index contributed by atoms with van der Waals surface area (Å²) >= 11 is 0. The van der Waals surface area contributed by atoms with Crippen LogP contribution in [0, 0.1) is 6.92 Å². The van der Waals surface area contributed by atoms with Gasteiger partial charge >= 0.3 is 0 Å². The molecule has 1 rings (SSSR count). The summed E-state index contributed by atoms with van der Waals surface area (Å²) in [5, 5.41) is 3.17. The summed E-state index contributed by atoms with van der Waals surface area (Å²) in [5.41, 5.74) is 8.84. The van der Waals surface area contributed by atoms with E-state index in [0.29, 0.717) is 0 Å². The molecule has 0 radical (unpaired) electrons. The van der Waals surface area contributed by atoms with E-state index in [1.54, 1.807) is 7.05 Å². The van der Waals surface area contributed by atoms with Gasteiger partial charge in [-0.1, -0.05) is 36.9 Å². The van der Waals surface area contributed by atoms with Crippen molar-refractivity contribution in [2.24, 2.45) is 4.99 Å². The molecule has 122 valence electrons. The average Bonchev–Trinajstić information content (AvgIpc) is 2.52. The first kappa shape index (κ1) is 18.7. The first-order valence-corrected chi connectivity index (χ1v) is 7.77. The smallest absolute Gasteiger partial charge is 0.0304 e. The van der Waals surface area contributed by atoms with Gasteiger partial charge in [-0.25, -0.2) is 0 Å². The van der Waals surface area contributed by atoms with E-state index in [2.05, 4.69) is 61.6 Å². The van der Waals surface area contributed by atoms with Gasteiger partial charge < -0.3 is 5.32 Å². The van der Waals surface area contributed by atoms with Crippen LogP contribution in [0.25, 0.3) is 11.6 Å². The molecule has 1 N–H and O–H groups in total. The number of hydrogen-bond donors (Lipinski definition) is 1. The van der Waals surface area contributed by atoms with Crippen molar-refractivity contribution in [1.82, 2.24) is 5.32 Å². The number of benzene rings is 1. The molecule has 0 aliphatic heterocycles. The Morgan fingerprint density at radius 1 is 1.17 bits per heavy atom. The van der Waals surface area contributed by atoms with Gasteiger partial charge in [0.25, 0.3) is 0 Å². The Hall–Kier alpha value is -2.35. The quantitative estimate of drug-likeness (QED) is 0.568. The van der Waals surface area contributed by atoms with E-state index < -0.39 is 0 Å². The van der Waals surface area contributed by atoms with Crippen LogP contribution >= 0.6 is 0 Å². The zero-order valence-corrected chi connectivity index (χ0v) is 15.2. The van der Waals surface area contributed by atoms with Gasteiger partial charge in [0.15, 0.2) is 0 Å². The summed E-state index contributed by atoms with van der Waals surface area (Å²) in [6.07, 6.45) is 4.03. The summed E-state index contributed by atoms with van der Waals surface area (Å²) in [6, 6.07) is 6.42. The Morgan fingerprint density at radius 3 is 2.35 bits per heavy atom. The van der Waals surface area contributed by atoms with Crippen molar-refractivity contribution in [1.29, 1.82) is 0 Å². The second kappa shape index (κ2) is 8.33. The molecule has 0 atom stereocenters. The molecule has 2 heteroatoms. The van der Waals surface area contributed by atoms with Gasteiger partial charge in [0, 0.05) is 31.6 Å². The molecule has 0 heterocycles. The van der Waals surface area contributed by atoms with Crippen molar-refractivity contribution >= 4 is 17.9 Å². The summed E-state index contributed by atoms with van der Waals surface area (Å²) in [5.74, 6) is 0. The molecule has 0 saturated heterocycles. The van der Waals surface area contributed by atoms with Crippen LogP contribution in [0.2, 0.25) is 0 Å². The molecule has 0 bridgehead atoms. The third-order valence-corrected chi connectivity index (χ3v) is 3.98. The molecule has 0 fully saturated rings. The topological polar surface area (TPSA) is 24.4 Å². The molecule has 0 aliphatic carbocycles. The lowest BCUT2D eigenvalue weighted by atomic mass is 9.95. The van der Waals surface area contributed by atoms with Crippen molar-refractivity contribution in [2.45, 2.75) is 27.7 Å². The predicted octanol–water partition coefficient (Wildman–Crippen LogP) is 5.18. The van der Waals surface area contributed by atoms with Gasteiger partial charge in [-0.2, -0.15) is 0 Å². The number of aliphatic imine (C=N–C) groups is 1. The van der Waals surface area contributed by atoms with Gasteiger partial charge in [-0.05, 0) is 61.6 Å². The Morgan fingerprint density at radius 2 is 1.83 bits per heavy atom. The van der Waals surface area contributed by atoms with Gasteiger partial charge in [-0.15, -0.1) is 0 Å². The Bertz CT molecular complexity index is 701. The van der Waals surface area contributed by atoms with Crippen LogP contribution in [0.3, 0.4) is 0 Å². The van der Waals surface area contributed by atoms with E-state index in [1.165, 1.54) is 11.1 Å². The molecule has 1 aromatic carbocycles. The molecule has 1 aromatic rings. The fourth-order valence-electron chi connectivity index (χ4n) is 2.26. The van der Waals surface area contributed by atoms with Crippen LogP contribution in [-0.4, -0.2) is 20.3 Å². The van der Waals surface area contributed by atoms with Crippen molar-refractivity contribution in [3.05, 3.63) is 70.5 Å². The summed E-state index contributed by atoms with van der Waals surface area (Å²) in [7, 11) is 3.68. The van der Waals surface area contributed by atoms with Crippen LogP contribution in [0.15, 0.2) is 58.8 Å². The maximum Gasteiger partial charge on any atom is 0.0304 e.